The first kappa shape index (κ1) is 13.7. The topological polar surface area (TPSA) is 129 Å². The Morgan fingerprint density at radius 2 is 2.11 bits per heavy atom. The lowest BCUT2D eigenvalue weighted by Crippen LogP contribution is -2.43. The Hall–Kier alpha value is -2.38. The maximum atomic E-state index is 12.1. The first-order valence-electron chi connectivity index (χ1n) is 5.20. The van der Waals surface area contributed by atoms with Gasteiger partial charge in [0.25, 0.3) is 5.91 Å². The number of nitrogens with zero attached hydrogens (tertiary/aromatic N) is 2. The molecule has 0 saturated heterocycles. The van der Waals surface area contributed by atoms with Gasteiger partial charge in [-0.3, -0.25) is 9.59 Å². The van der Waals surface area contributed by atoms with Crippen molar-refractivity contribution >= 4 is 17.8 Å². The van der Waals surface area contributed by atoms with Crippen LogP contribution in [0.25, 0.3) is 0 Å². The van der Waals surface area contributed by atoms with Crippen LogP contribution in [-0.2, 0) is 4.79 Å². The molecule has 4 N–H and O–H groups in total. The van der Waals surface area contributed by atoms with Crippen LogP contribution in [0.5, 0.6) is 0 Å². The Labute approximate surface area is 103 Å². The summed E-state index contributed by atoms with van der Waals surface area (Å²) >= 11 is 0. The number of imidazole rings is 1. The van der Waals surface area contributed by atoms with Crippen LogP contribution in [0.4, 0.5) is 0 Å². The largest absolute Gasteiger partial charge is 0.477 e. The van der Waals surface area contributed by atoms with Crippen LogP contribution >= 0.6 is 0 Å². The van der Waals surface area contributed by atoms with E-state index < -0.39 is 17.8 Å². The maximum Gasteiger partial charge on any atom is 0.354 e. The standard InChI is InChI=1S/C10H14N4O4/c1-5(2)14(3-6(11)15)9(16)7-8(10(17)18)13-4-12-7/h4-5H,3H2,1-2H3,(H2,11,15)(H,12,13)(H,17,18). The van der Waals surface area contributed by atoms with Crippen molar-refractivity contribution in [3.05, 3.63) is 17.7 Å². The van der Waals surface area contributed by atoms with E-state index in [0.29, 0.717) is 0 Å². The average molecular weight is 254 g/mol. The summed E-state index contributed by atoms with van der Waals surface area (Å²) in [6.45, 7) is 3.09. The lowest BCUT2D eigenvalue weighted by atomic mass is 10.2. The molecule has 0 bridgehead atoms. The number of carboxylic acid groups (broad SMARTS) is 1. The van der Waals surface area contributed by atoms with Crippen molar-refractivity contribution in [1.82, 2.24) is 14.9 Å². The molecule has 0 spiro atoms. The lowest BCUT2D eigenvalue weighted by molar-refractivity contribution is -0.119. The van der Waals surface area contributed by atoms with E-state index in [0.717, 1.165) is 11.2 Å². The first-order valence-corrected chi connectivity index (χ1v) is 5.20. The quantitative estimate of drug-likeness (QED) is 0.648. The predicted octanol–water partition coefficient (Wildman–Crippen LogP) is -0.556. The third kappa shape index (κ3) is 2.84. The van der Waals surface area contributed by atoms with Crippen molar-refractivity contribution in [2.45, 2.75) is 19.9 Å². The first-order chi connectivity index (χ1) is 8.34. The highest BCUT2D eigenvalue weighted by molar-refractivity contribution is 6.03. The second-order valence-corrected chi connectivity index (χ2v) is 3.92. The predicted molar refractivity (Wildman–Crippen MR) is 60.9 cm³/mol. The van der Waals surface area contributed by atoms with Gasteiger partial charge < -0.3 is 20.7 Å². The maximum absolute atomic E-state index is 12.1. The minimum Gasteiger partial charge on any atom is -0.477 e. The molecule has 0 atom stereocenters. The average Bonchev–Trinajstić information content (AvgIpc) is 2.73. The highest BCUT2D eigenvalue weighted by atomic mass is 16.4. The van der Waals surface area contributed by atoms with Crippen molar-refractivity contribution in [2.24, 2.45) is 5.73 Å². The van der Waals surface area contributed by atoms with E-state index in [1.54, 1.807) is 13.8 Å². The third-order valence-electron chi connectivity index (χ3n) is 2.27. The van der Waals surface area contributed by atoms with Crippen LogP contribution in [0.15, 0.2) is 6.33 Å². The number of aromatic carboxylic acids is 1. The van der Waals surface area contributed by atoms with Crippen molar-refractivity contribution in [1.29, 1.82) is 0 Å². The van der Waals surface area contributed by atoms with Gasteiger partial charge in [0.2, 0.25) is 5.91 Å². The summed E-state index contributed by atoms with van der Waals surface area (Å²) < 4.78 is 0. The van der Waals surface area contributed by atoms with E-state index in [-0.39, 0.29) is 24.0 Å². The number of amides is 2. The zero-order valence-corrected chi connectivity index (χ0v) is 10.0. The molecule has 2 amide bonds. The van der Waals surface area contributed by atoms with Crippen LogP contribution in [0, 0.1) is 0 Å². The fraction of sp³-hybridized carbons (Fsp3) is 0.400. The number of rotatable bonds is 5. The number of nitrogens with two attached hydrogens (primary N) is 1. The van der Waals surface area contributed by atoms with Crippen LogP contribution in [0.3, 0.4) is 0 Å². The fourth-order valence-corrected chi connectivity index (χ4v) is 1.41. The number of hydrogen-bond donors (Lipinski definition) is 3. The van der Waals surface area contributed by atoms with Gasteiger partial charge in [0.15, 0.2) is 11.4 Å². The zero-order valence-electron chi connectivity index (χ0n) is 10.0. The van der Waals surface area contributed by atoms with E-state index >= 15 is 0 Å². The monoisotopic (exact) mass is 254 g/mol. The zero-order chi connectivity index (χ0) is 13.9. The summed E-state index contributed by atoms with van der Waals surface area (Å²) in [5.74, 6) is -2.62. The van der Waals surface area contributed by atoms with Crippen LogP contribution in [-0.4, -0.2) is 50.3 Å². The minimum atomic E-state index is -1.29. The molecule has 0 fully saturated rings. The molecule has 0 aromatic carbocycles. The van der Waals surface area contributed by atoms with Crippen molar-refractivity contribution in [3.63, 3.8) is 0 Å². The second-order valence-electron chi connectivity index (χ2n) is 3.92. The number of carbonyl (C=O) groups excluding carboxylic acids is 2. The van der Waals surface area contributed by atoms with E-state index in [2.05, 4.69) is 9.97 Å². The Morgan fingerprint density at radius 3 is 2.56 bits per heavy atom. The molecule has 18 heavy (non-hydrogen) atoms. The molecule has 98 valence electrons. The number of carbonyl (C=O) groups is 3. The molecule has 8 heteroatoms. The molecule has 0 radical (unpaired) electrons. The van der Waals surface area contributed by atoms with Crippen LogP contribution in [0.2, 0.25) is 0 Å². The highest BCUT2D eigenvalue weighted by Gasteiger charge is 2.27. The molecule has 0 saturated carbocycles. The van der Waals surface area contributed by atoms with Crippen molar-refractivity contribution in [3.8, 4) is 0 Å². The van der Waals surface area contributed by atoms with Crippen molar-refractivity contribution in [2.75, 3.05) is 6.54 Å². The molecular weight excluding hydrogens is 240 g/mol. The molecule has 8 nitrogen and oxygen atoms in total. The van der Waals surface area contributed by atoms with Gasteiger partial charge in [-0.25, -0.2) is 9.78 Å². The number of aromatic nitrogens is 2. The Balaban J connectivity index is 3.06. The summed E-state index contributed by atoms with van der Waals surface area (Å²) in [5, 5.41) is 8.87. The molecule has 1 heterocycles. The summed E-state index contributed by atoms with van der Waals surface area (Å²) in [7, 11) is 0. The van der Waals surface area contributed by atoms with Crippen LogP contribution in [0.1, 0.15) is 34.8 Å². The summed E-state index contributed by atoms with van der Waals surface area (Å²) in [4.78, 5) is 41.0. The van der Waals surface area contributed by atoms with E-state index in [4.69, 9.17) is 10.8 Å². The molecule has 1 aromatic rings. The van der Waals surface area contributed by atoms with Gasteiger partial charge in [-0.15, -0.1) is 0 Å². The molecule has 0 aliphatic carbocycles. The van der Waals surface area contributed by atoms with Gasteiger partial charge in [0, 0.05) is 6.04 Å². The number of primary amides is 1. The minimum absolute atomic E-state index is 0.238. The van der Waals surface area contributed by atoms with Crippen LogP contribution < -0.4 is 5.73 Å². The van der Waals surface area contributed by atoms with Crippen molar-refractivity contribution < 1.29 is 19.5 Å². The Kier molecular flexibility index (Phi) is 4.03. The summed E-state index contributed by atoms with van der Waals surface area (Å²) in [5.41, 5.74) is 4.49. The number of nitrogens with one attached hydrogen (secondary N) is 1. The molecular formula is C10H14N4O4. The number of carboxylic acids is 1. The smallest absolute Gasteiger partial charge is 0.354 e. The molecule has 0 aliphatic rings. The van der Waals surface area contributed by atoms with Gasteiger partial charge in [-0.05, 0) is 13.8 Å². The second kappa shape index (κ2) is 5.30. The molecule has 0 unspecified atom stereocenters. The van der Waals surface area contributed by atoms with Gasteiger partial charge in [-0.2, -0.15) is 0 Å². The number of hydrogen-bond acceptors (Lipinski definition) is 4. The number of aromatic amines is 1. The third-order valence-corrected chi connectivity index (χ3v) is 2.27. The van der Waals surface area contributed by atoms with E-state index in [1.165, 1.54) is 0 Å². The van der Waals surface area contributed by atoms with Gasteiger partial charge in [-0.1, -0.05) is 0 Å². The van der Waals surface area contributed by atoms with Gasteiger partial charge in [0.1, 0.15) is 0 Å². The van der Waals surface area contributed by atoms with Gasteiger partial charge >= 0.3 is 5.97 Å². The highest BCUT2D eigenvalue weighted by Crippen LogP contribution is 2.10. The fourth-order valence-electron chi connectivity index (χ4n) is 1.41. The SMILES string of the molecule is CC(C)N(CC(N)=O)C(=O)c1nc[nH]c1C(=O)O. The molecule has 1 aromatic heterocycles. The molecule has 1 rings (SSSR count). The summed E-state index contributed by atoms with van der Waals surface area (Å²) in [6, 6.07) is -0.302. The Morgan fingerprint density at radius 1 is 1.50 bits per heavy atom. The normalized spacial score (nSPS) is 10.4. The lowest BCUT2D eigenvalue weighted by Gasteiger charge is -2.24. The summed E-state index contributed by atoms with van der Waals surface area (Å²) in [6.07, 6.45) is 1.11. The van der Waals surface area contributed by atoms with E-state index in [1.807, 2.05) is 0 Å². The van der Waals surface area contributed by atoms with E-state index in [9.17, 15) is 14.4 Å². The van der Waals surface area contributed by atoms with Gasteiger partial charge in [0.05, 0.1) is 12.9 Å². The Bertz CT molecular complexity index is 480. The molecule has 0 aliphatic heterocycles. The number of H-pyrrole nitrogens is 1.